The summed E-state index contributed by atoms with van der Waals surface area (Å²) in [7, 11) is 0. The van der Waals surface area contributed by atoms with E-state index in [1.165, 1.54) is 0 Å². The van der Waals surface area contributed by atoms with E-state index >= 15 is 0 Å². The molecule has 0 spiro atoms. The number of carbonyl (C=O) groups is 2. The summed E-state index contributed by atoms with van der Waals surface area (Å²) >= 11 is 0. The summed E-state index contributed by atoms with van der Waals surface area (Å²) < 4.78 is 5.57. The van der Waals surface area contributed by atoms with Gasteiger partial charge < -0.3 is 15.0 Å². The SMILES string of the molecule is CCOc1ccccc1C(=O)N1CCN(CC(=O)NC(C)C(C)C)CC1. The Hall–Kier alpha value is -2.08. The molecule has 1 fully saturated rings. The van der Waals surface area contributed by atoms with Crippen LogP contribution in [0, 0.1) is 5.92 Å². The van der Waals surface area contributed by atoms with E-state index in [2.05, 4.69) is 24.1 Å². The Morgan fingerprint density at radius 2 is 1.77 bits per heavy atom. The topological polar surface area (TPSA) is 61.9 Å². The molecule has 6 heteroatoms. The van der Waals surface area contributed by atoms with Crippen LogP contribution in [0.2, 0.25) is 0 Å². The third kappa shape index (κ3) is 5.46. The number of amides is 2. The molecule has 1 unspecified atom stereocenters. The highest BCUT2D eigenvalue weighted by Gasteiger charge is 2.25. The lowest BCUT2D eigenvalue weighted by Gasteiger charge is -2.34. The maximum Gasteiger partial charge on any atom is 0.257 e. The molecular formula is C20H31N3O3. The van der Waals surface area contributed by atoms with Crippen molar-refractivity contribution in [1.29, 1.82) is 0 Å². The number of hydrogen-bond acceptors (Lipinski definition) is 4. The molecular weight excluding hydrogens is 330 g/mol. The number of ether oxygens (including phenoxy) is 1. The first kappa shape index (κ1) is 20.2. The summed E-state index contributed by atoms with van der Waals surface area (Å²) in [6, 6.07) is 7.52. The smallest absolute Gasteiger partial charge is 0.257 e. The number of benzene rings is 1. The minimum atomic E-state index is -0.00779. The first-order chi connectivity index (χ1) is 12.4. The predicted molar refractivity (Wildman–Crippen MR) is 102 cm³/mol. The largest absolute Gasteiger partial charge is 0.493 e. The highest BCUT2D eigenvalue weighted by molar-refractivity contribution is 5.97. The molecule has 1 N–H and O–H groups in total. The molecule has 2 amide bonds. The van der Waals surface area contributed by atoms with Crippen LogP contribution in [0.1, 0.15) is 38.1 Å². The highest BCUT2D eigenvalue weighted by Crippen LogP contribution is 2.20. The van der Waals surface area contributed by atoms with Crippen LogP contribution in [0.3, 0.4) is 0 Å². The summed E-state index contributed by atoms with van der Waals surface area (Å²) in [6.07, 6.45) is 0. The van der Waals surface area contributed by atoms with Crippen molar-refractivity contribution in [2.75, 3.05) is 39.3 Å². The van der Waals surface area contributed by atoms with Crippen molar-refractivity contribution in [3.63, 3.8) is 0 Å². The van der Waals surface area contributed by atoms with Gasteiger partial charge in [-0.1, -0.05) is 26.0 Å². The van der Waals surface area contributed by atoms with Gasteiger partial charge in [0.15, 0.2) is 0 Å². The Morgan fingerprint density at radius 3 is 2.38 bits per heavy atom. The number of para-hydroxylation sites is 1. The molecule has 0 aromatic heterocycles. The Balaban J connectivity index is 1.86. The molecule has 1 atom stereocenters. The lowest BCUT2D eigenvalue weighted by molar-refractivity contribution is -0.123. The van der Waals surface area contributed by atoms with Crippen molar-refractivity contribution in [2.45, 2.75) is 33.7 Å². The second-order valence-electron chi connectivity index (χ2n) is 7.10. The van der Waals surface area contributed by atoms with Crippen LogP contribution in [-0.4, -0.2) is 67.0 Å². The normalized spacial score (nSPS) is 16.4. The third-order valence-electron chi connectivity index (χ3n) is 4.83. The fraction of sp³-hybridized carbons (Fsp3) is 0.600. The van der Waals surface area contributed by atoms with Crippen molar-refractivity contribution >= 4 is 11.8 Å². The fourth-order valence-electron chi connectivity index (χ4n) is 2.87. The Morgan fingerprint density at radius 1 is 1.12 bits per heavy atom. The average Bonchev–Trinajstić information content (AvgIpc) is 2.62. The summed E-state index contributed by atoms with van der Waals surface area (Å²) in [5, 5.41) is 3.03. The second-order valence-corrected chi connectivity index (χ2v) is 7.10. The number of hydrogen-bond donors (Lipinski definition) is 1. The maximum atomic E-state index is 12.8. The fourth-order valence-corrected chi connectivity index (χ4v) is 2.87. The van der Waals surface area contributed by atoms with E-state index in [0.717, 1.165) is 0 Å². The van der Waals surface area contributed by atoms with Crippen molar-refractivity contribution in [2.24, 2.45) is 5.92 Å². The number of nitrogens with zero attached hydrogens (tertiary/aromatic N) is 2. The van der Waals surface area contributed by atoms with E-state index in [4.69, 9.17) is 4.74 Å². The molecule has 1 aromatic rings. The molecule has 144 valence electrons. The summed E-state index contributed by atoms with van der Waals surface area (Å²) in [5.74, 6) is 1.09. The van der Waals surface area contributed by atoms with Gasteiger partial charge in [-0.2, -0.15) is 0 Å². The standard InChI is InChI=1S/C20H31N3O3/c1-5-26-18-9-7-6-8-17(18)20(25)23-12-10-22(11-13-23)14-19(24)21-16(4)15(2)3/h6-9,15-16H,5,10-14H2,1-4H3,(H,21,24). The molecule has 0 aliphatic carbocycles. The van der Waals surface area contributed by atoms with Gasteiger partial charge in [-0.15, -0.1) is 0 Å². The number of piperazine rings is 1. The van der Waals surface area contributed by atoms with Gasteiger partial charge in [0.05, 0.1) is 18.7 Å². The molecule has 0 saturated carbocycles. The monoisotopic (exact) mass is 361 g/mol. The quantitative estimate of drug-likeness (QED) is 0.807. The van der Waals surface area contributed by atoms with Crippen LogP contribution in [0.25, 0.3) is 0 Å². The zero-order valence-electron chi connectivity index (χ0n) is 16.3. The van der Waals surface area contributed by atoms with Gasteiger partial charge >= 0.3 is 0 Å². The van der Waals surface area contributed by atoms with Gasteiger partial charge in [0.1, 0.15) is 5.75 Å². The van der Waals surface area contributed by atoms with Gasteiger partial charge in [-0.05, 0) is 31.9 Å². The van der Waals surface area contributed by atoms with E-state index in [1.54, 1.807) is 6.07 Å². The van der Waals surface area contributed by atoms with E-state index in [0.29, 0.717) is 56.6 Å². The van der Waals surface area contributed by atoms with Gasteiger partial charge in [0, 0.05) is 32.2 Å². The van der Waals surface area contributed by atoms with Crippen LogP contribution in [0.15, 0.2) is 24.3 Å². The van der Waals surface area contributed by atoms with E-state index in [-0.39, 0.29) is 17.9 Å². The molecule has 1 aromatic carbocycles. The van der Waals surface area contributed by atoms with Crippen LogP contribution >= 0.6 is 0 Å². The van der Waals surface area contributed by atoms with E-state index < -0.39 is 0 Å². The first-order valence-electron chi connectivity index (χ1n) is 9.45. The molecule has 1 aliphatic heterocycles. The minimum absolute atomic E-state index is 0.00779. The lowest BCUT2D eigenvalue weighted by Crippen LogP contribution is -2.52. The molecule has 1 saturated heterocycles. The van der Waals surface area contributed by atoms with Crippen LogP contribution < -0.4 is 10.1 Å². The minimum Gasteiger partial charge on any atom is -0.493 e. The van der Waals surface area contributed by atoms with E-state index in [9.17, 15) is 9.59 Å². The molecule has 26 heavy (non-hydrogen) atoms. The first-order valence-corrected chi connectivity index (χ1v) is 9.45. The maximum absolute atomic E-state index is 12.8. The predicted octanol–water partition coefficient (Wildman–Crippen LogP) is 2.00. The molecule has 2 rings (SSSR count). The lowest BCUT2D eigenvalue weighted by atomic mass is 10.1. The second kappa shape index (κ2) is 9.57. The Bertz CT molecular complexity index is 610. The van der Waals surface area contributed by atoms with Crippen molar-refractivity contribution in [1.82, 2.24) is 15.1 Å². The Labute approximate surface area is 156 Å². The molecule has 0 bridgehead atoms. The van der Waals surface area contributed by atoms with Crippen LogP contribution in [0.5, 0.6) is 5.75 Å². The Kier molecular flexibility index (Phi) is 7.45. The van der Waals surface area contributed by atoms with Gasteiger partial charge in [-0.25, -0.2) is 0 Å². The van der Waals surface area contributed by atoms with Crippen molar-refractivity contribution in [3.8, 4) is 5.75 Å². The van der Waals surface area contributed by atoms with Gasteiger partial charge in [-0.3, -0.25) is 14.5 Å². The number of carbonyl (C=O) groups excluding carboxylic acids is 2. The molecule has 6 nitrogen and oxygen atoms in total. The molecule has 0 radical (unpaired) electrons. The number of rotatable bonds is 7. The zero-order valence-corrected chi connectivity index (χ0v) is 16.3. The van der Waals surface area contributed by atoms with Gasteiger partial charge in [0.2, 0.25) is 5.91 Å². The average molecular weight is 361 g/mol. The van der Waals surface area contributed by atoms with Crippen LogP contribution in [-0.2, 0) is 4.79 Å². The summed E-state index contributed by atoms with van der Waals surface area (Å²) in [5.41, 5.74) is 0.603. The highest BCUT2D eigenvalue weighted by atomic mass is 16.5. The van der Waals surface area contributed by atoms with Crippen molar-refractivity contribution < 1.29 is 14.3 Å². The molecule has 1 aliphatic rings. The molecule has 1 heterocycles. The zero-order chi connectivity index (χ0) is 19.1. The summed E-state index contributed by atoms with van der Waals surface area (Å²) in [4.78, 5) is 28.9. The van der Waals surface area contributed by atoms with Crippen molar-refractivity contribution in [3.05, 3.63) is 29.8 Å². The van der Waals surface area contributed by atoms with E-state index in [1.807, 2.05) is 36.9 Å². The third-order valence-corrected chi connectivity index (χ3v) is 4.83. The number of nitrogens with one attached hydrogen (secondary N) is 1. The van der Waals surface area contributed by atoms with Crippen LogP contribution in [0.4, 0.5) is 0 Å². The summed E-state index contributed by atoms with van der Waals surface area (Å²) in [6.45, 7) is 11.7. The van der Waals surface area contributed by atoms with Gasteiger partial charge in [0.25, 0.3) is 5.91 Å².